The maximum Gasteiger partial charge on any atom is 0.120 e. The first kappa shape index (κ1) is 14.2. The lowest BCUT2D eigenvalue weighted by Crippen LogP contribution is -2.23. The second-order valence-corrected chi connectivity index (χ2v) is 5.59. The Hall–Kier alpha value is -1.17. The molecule has 3 N–H and O–H groups in total. The zero-order valence-corrected chi connectivity index (χ0v) is 12.4. The Kier molecular flexibility index (Phi) is 5.13. The largest absolute Gasteiger partial charge is 0.396 e. The number of imidazole rings is 1. The van der Waals surface area contributed by atoms with Gasteiger partial charge in [0.25, 0.3) is 0 Å². The summed E-state index contributed by atoms with van der Waals surface area (Å²) in [5.74, 6) is 1.17. The Balaban J connectivity index is 1.95. The summed E-state index contributed by atoms with van der Waals surface area (Å²) in [6, 6.07) is 8.10. The zero-order valence-electron chi connectivity index (χ0n) is 10.9. The molecule has 1 atom stereocenters. The first-order valence-corrected chi connectivity index (χ1v) is 7.09. The number of aliphatic hydroxyl groups excluding tert-OH is 1. The Morgan fingerprint density at radius 1 is 1.47 bits per heavy atom. The molecule has 1 aromatic carbocycles. The van der Waals surface area contributed by atoms with Gasteiger partial charge < -0.3 is 15.4 Å². The van der Waals surface area contributed by atoms with Crippen molar-refractivity contribution in [1.82, 2.24) is 15.3 Å². The fourth-order valence-electron chi connectivity index (χ4n) is 1.76. The maximum atomic E-state index is 8.94. The summed E-state index contributed by atoms with van der Waals surface area (Å²) in [5.41, 5.74) is 2.12. The highest BCUT2D eigenvalue weighted by atomic mass is 79.9. The molecular formula is C14H18BrN3O. The molecule has 5 heteroatoms. The average molecular weight is 324 g/mol. The number of nitrogens with zero attached hydrogens (tertiary/aromatic N) is 1. The van der Waals surface area contributed by atoms with E-state index in [0.717, 1.165) is 28.1 Å². The molecule has 0 aliphatic heterocycles. The Labute approximate surface area is 121 Å². The van der Waals surface area contributed by atoms with Gasteiger partial charge in [-0.25, -0.2) is 4.98 Å². The number of aliphatic hydroxyl groups is 1. The summed E-state index contributed by atoms with van der Waals surface area (Å²) in [5, 5.41) is 12.2. The van der Waals surface area contributed by atoms with Gasteiger partial charge in [0.2, 0.25) is 0 Å². The molecule has 102 valence electrons. The van der Waals surface area contributed by atoms with E-state index in [9.17, 15) is 0 Å². The van der Waals surface area contributed by atoms with Crippen LogP contribution in [0.25, 0.3) is 11.3 Å². The van der Waals surface area contributed by atoms with Crippen LogP contribution in [0.5, 0.6) is 0 Å². The number of hydrogen-bond donors (Lipinski definition) is 3. The van der Waals surface area contributed by atoms with Crippen molar-refractivity contribution in [3.05, 3.63) is 40.8 Å². The third-order valence-corrected chi connectivity index (χ3v) is 3.35. The monoisotopic (exact) mass is 323 g/mol. The number of benzene rings is 1. The summed E-state index contributed by atoms with van der Waals surface area (Å²) in [6.45, 7) is 3.66. The molecule has 0 aliphatic carbocycles. The summed E-state index contributed by atoms with van der Waals surface area (Å²) in [6.07, 6.45) is 1.84. The lowest BCUT2D eigenvalue weighted by molar-refractivity contribution is 0.233. The van der Waals surface area contributed by atoms with Crippen molar-refractivity contribution in [2.75, 3.05) is 13.2 Å². The summed E-state index contributed by atoms with van der Waals surface area (Å²) >= 11 is 3.46. The molecule has 1 unspecified atom stereocenters. The van der Waals surface area contributed by atoms with E-state index in [-0.39, 0.29) is 12.5 Å². The summed E-state index contributed by atoms with van der Waals surface area (Å²) in [7, 11) is 0. The second-order valence-electron chi connectivity index (χ2n) is 4.67. The lowest BCUT2D eigenvalue weighted by atomic mass is 10.2. The van der Waals surface area contributed by atoms with Gasteiger partial charge in [-0.05, 0) is 18.1 Å². The van der Waals surface area contributed by atoms with E-state index in [1.807, 2.05) is 31.3 Å². The third-order valence-electron chi connectivity index (χ3n) is 2.86. The van der Waals surface area contributed by atoms with Gasteiger partial charge in [0, 0.05) is 23.2 Å². The highest BCUT2D eigenvalue weighted by Gasteiger charge is 2.04. The molecule has 19 heavy (non-hydrogen) atoms. The minimum atomic E-state index is 0.203. The van der Waals surface area contributed by atoms with Crippen LogP contribution >= 0.6 is 15.9 Å². The van der Waals surface area contributed by atoms with Gasteiger partial charge in [-0.2, -0.15) is 0 Å². The molecule has 4 nitrogen and oxygen atoms in total. The van der Waals surface area contributed by atoms with Crippen molar-refractivity contribution in [3.8, 4) is 11.3 Å². The first-order chi connectivity index (χ1) is 9.19. The van der Waals surface area contributed by atoms with Gasteiger partial charge in [-0.1, -0.05) is 35.0 Å². The Morgan fingerprint density at radius 2 is 2.32 bits per heavy atom. The van der Waals surface area contributed by atoms with E-state index < -0.39 is 0 Å². The van der Waals surface area contributed by atoms with Gasteiger partial charge in [-0.3, -0.25) is 0 Å². The highest BCUT2D eigenvalue weighted by molar-refractivity contribution is 9.10. The molecule has 0 spiro atoms. The van der Waals surface area contributed by atoms with Crippen LogP contribution in [-0.2, 0) is 6.54 Å². The number of nitrogens with one attached hydrogen (secondary N) is 2. The van der Waals surface area contributed by atoms with E-state index in [2.05, 4.69) is 37.3 Å². The molecule has 0 saturated heterocycles. The van der Waals surface area contributed by atoms with Crippen LogP contribution in [0.2, 0.25) is 0 Å². The van der Waals surface area contributed by atoms with E-state index >= 15 is 0 Å². The molecule has 0 saturated carbocycles. The van der Waals surface area contributed by atoms with E-state index in [4.69, 9.17) is 5.11 Å². The highest BCUT2D eigenvalue weighted by Crippen LogP contribution is 2.21. The normalized spacial score (nSPS) is 12.6. The van der Waals surface area contributed by atoms with Gasteiger partial charge in [-0.15, -0.1) is 0 Å². The molecule has 1 aromatic heterocycles. The number of halogens is 1. The molecule has 0 aliphatic rings. The molecule has 0 amide bonds. The molecular weight excluding hydrogens is 306 g/mol. The standard InChI is InChI=1S/C14H18BrN3O/c1-10(9-19)6-16-8-14-17-7-13(18-14)11-3-2-4-12(15)5-11/h2-5,7,10,16,19H,6,8-9H2,1H3,(H,17,18). The van der Waals surface area contributed by atoms with Crippen LogP contribution in [0.1, 0.15) is 12.7 Å². The molecule has 0 bridgehead atoms. The predicted octanol–water partition coefficient (Wildman–Crippen LogP) is 2.56. The topological polar surface area (TPSA) is 60.9 Å². The molecule has 1 heterocycles. The lowest BCUT2D eigenvalue weighted by Gasteiger charge is -2.07. The number of H-pyrrole nitrogens is 1. The number of rotatable bonds is 6. The smallest absolute Gasteiger partial charge is 0.120 e. The van der Waals surface area contributed by atoms with E-state index in [0.29, 0.717) is 6.54 Å². The Bertz CT molecular complexity index is 527. The van der Waals surface area contributed by atoms with Crippen LogP contribution in [0.15, 0.2) is 34.9 Å². The summed E-state index contributed by atoms with van der Waals surface area (Å²) in [4.78, 5) is 7.64. The SMILES string of the molecule is CC(CO)CNCc1ncc(-c2cccc(Br)c2)[nH]1. The Morgan fingerprint density at radius 3 is 3.05 bits per heavy atom. The van der Waals surface area contributed by atoms with Gasteiger partial charge in [0.15, 0.2) is 0 Å². The molecule has 2 rings (SSSR count). The van der Waals surface area contributed by atoms with Crippen LogP contribution in [0, 0.1) is 5.92 Å². The predicted molar refractivity (Wildman–Crippen MR) is 79.7 cm³/mol. The van der Waals surface area contributed by atoms with Gasteiger partial charge >= 0.3 is 0 Å². The molecule has 0 fully saturated rings. The first-order valence-electron chi connectivity index (χ1n) is 6.30. The number of aromatic amines is 1. The van der Waals surface area contributed by atoms with Crippen LogP contribution in [0.4, 0.5) is 0 Å². The fourth-order valence-corrected chi connectivity index (χ4v) is 2.16. The number of hydrogen-bond acceptors (Lipinski definition) is 3. The van der Waals surface area contributed by atoms with Crippen molar-refractivity contribution in [2.45, 2.75) is 13.5 Å². The zero-order chi connectivity index (χ0) is 13.7. The van der Waals surface area contributed by atoms with E-state index in [1.54, 1.807) is 0 Å². The fraction of sp³-hybridized carbons (Fsp3) is 0.357. The maximum absolute atomic E-state index is 8.94. The van der Waals surface area contributed by atoms with Crippen LogP contribution in [-0.4, -0.2) is 28.2 Å². The molecule has 2 aromatic rings. The second kappa shape index (κ2) is 6.84. The quantitative estimate of drug-likeness (QED) is 0.765. The number of aromatic nitrogens is 2. The van der Waals surface area contributed by atoms with Crippen molar-refractivity contribution >= 4 is 15.9 Å². The van der Waals surface area contributed by atoms with Crippen molar-refractivity contribution < 1.29 is 5.11 Å². The minimum absolute atomic E-state index is 0.203. The average Bonchev–Trinajstić information content (AvgIpc) is 2.87. The van der Waals surface area contributed by atoms with Crippen LogP contribution in [0.3, 0.4) is 0 Å². The third kappa shape index (κ3) is 4.16. The minimum Gasteiger partial charge on any atom is -0.396 e. The molecule has 0 radical (unpaired) electrons. The van der Waals surface area contributed by atoms with Gasteiger partial charge in [0.05, 0.1) is 18.4 Å². The van der Waals surface area contributed by atoms with Crippen molar-refractivity contribution in [2.24, 2.45) is 5.92 Å². The van der Waals surface area contributed by atoms with Crippen LogP contribution < -0.4 is 5.32 Å². The van der Waals surface area contributed by atoms with Crippen molar-refractivity contribution in [3.63, 3.8) is 0 Å². The van der Waals surface area contributed by atoms with Gasteiger partial charge in [0.1, 0.15) is 5.82 Å². The van der Waals surface area contributed by atoms with Crippen molar-refractivity contribution in [1.29, 1.82) is 0 Å². The summed E-state index contributed by atoms with van der Waals surface area (Å²) < 4.78 is 1.05. The van der Waals surface area contributed by atoms with E-state index in [1.165, 1.54) is 0 Å².